The molecule has 0 aromatic heterocycles. The summed E-state index contributed by atoms with van der Waals surface area (Å²) in [5.74, 6) is 0.636. The maximum Gasteiger partial charge on any atom is 0.253 e. The van der Waals surface area contributed by atoms with Crippen LogP contribution >= 0.6 is 0 Å². The Morgan fingerprint density at radius 2 is 2.13 bits per heavy atom. The Morgan fingerprint density at radius 1 is 1.47 bits per heavy atom. The number of ether oxygens (including phenoxy) is 1. The number of hydrogen-bond acceptors (Lipinski definition) is 2. The van der Waals surface area contributed by atoms with E-state index in [1.807, 2.05) is 18.2 Å². The van der Waals surface area contributed by atoms with Crippen LogP contribution in [0.3, 0.4) is 0 Å². The number of methoxy groups -OCH3 is 1. The lowest BCUT2D eigenvalue weighted by molar-refractivity contribution is -0.114. The smallest absolute Gasteiger partial charge is 0.253 e. The molecule has 0 heterocycles. The van der Waals surface area contributed by atoms with Crippen molar-refractivity contribution in [2.45, 2.75) is 6.92 Å². The highest BCUT2D eigenvalue weighted by molar-refractivity contribution is 6.04. The van der Waals surface area contributed by atoms with Crippen molar-refractivity contribution in [3.05, 3.63) is 36.4 Å². The first-order valence-corrected chi connectivity index (χ1v) is 4.64. The summed E-state index contributed by atoms with van der Waals surface area (Å²) in [6, 6.07) is 7.34. The van der Waals surface area contributed by atoms with E-state index in [0.29, 0.717) is 5.57 Å². The molecule has 0 bridgehead atoms. The third-order valence-electron chi connectivity index (χ3n) is 2.11. The predicted molar refractivity (Wildman–Crippen MR) is 61.2 cm³/mol. The lowest BCUT2D eigenvalue weighted by Gasteiger charge is -2.17. The maximum absolute atomic E-state index is 11.6. The van der Waals surface area contributed by atoms with Crippen molar-refractivity contribution in [3.8, 4) is 5.75 Å². The number of carbonyl (C=O) groups is 1. The van der Waals surface area contributed by atoms with Crippen molar-refractivity contribution in [3.63, 3.8) is 0 Å². The summed E-state index contributed by atoms with van der Waals surface area (Å²) >= 11 is 0. The van der Waals surface area contributed by atoms with Crippen molar-refractivity contribution in [1.29, 1.82) is 0 Å². The van der Waals surface area contributed by atoms with Gasteiger partial charge in [0.1, 0.15) is 5.75 Å². The van der Waals surface area contributed by atoms with Gasteiger partial charge in [-0.25, -0.2) is 0 Å². The second-order valence-electron chi connectivity index (χ2n) is 3.35. The van der Waals surface area contributed by atoms with Gasteiger partial charge < -0.3 is 9.64 Å². The van der Waals surface area contributed by atoms with E-state index in [1.165, 1.54) is 0 Å². The van der Waals surface area contributed by atoms with E-state index in [1.54, 1.807) is 32.0 Å². The van der Waals surface area contributed by atoms with E-state index in [-0.39, 0.29) is 5.91 Å². The van der Waals surface area contributed by atoms with E-state index < -0.39 is 0 Å². The van der Waals surface area contributed by atoms with Crippen molar-refractivity contribution in [2.24, 2.45) is 0 Å². The first-order valence-electron chi connectivity index (χ1n) is 4.64. The summed E-state index contributed by atoms with van der Waals surface area (Å²) < 4.78 is 5.08. The molecule has 1 rings (SSSR count). The molecular weight excluding hydrogens is 190 g/mol. The molecule has 1 aromatic rings. The number of benzene rings is 1. The van der Waals surface area contributed by atoms with Gasteiger partial charge >= 0.3 is 0 Å². The second-order valence-corrected chi connectivity index (χ2v) is 3.35. The standard InChI is InChI=1S/C12H15NO2/c1-9(2)12(14)13(3)10-6-5-7-11(8-10)15-4/h5-8H,1H2,2-4H3. The van der Waals surface area contributed by atoms with Gasteiger partial charge in [-0.3, -0.25) is 4.79 Å². The van der Waals surface area contributed by atoms with Crippen LogP contribution in [0.2, 0.25) is 0 Å². The molecule has 3 nitrogen and oxygen atoms in total. The Hall–Kier alpha value is -1.77. The minimum absolute atomic E-state index is 0.0942. The van der Waals surface area contributed by atoms with Gasteiger partial charge in [0, 0.05) is 24.4 Å². The monoisotopic (exact) mass is 205 g/mol. The molecule has 80 valence electrons. The van der Waals surface area contributed by atoms with Crippen LogP contribution in [-0.4, -0.2) is 20.1 Å². The fraction of sp³-hybridized carbons (Fsp3) is 0.250. The van der Waals surface area contributed by atoms with Gasteiger partial charge in [-0.2, -0.15) is 0 Å². The Bertz CT molecular complexity index is 385. The average Bonchev–Trinajstić information content (AvgIpc) is 2.27. The molecular formula is C12H15NO2. The number of hydrogen-bond donors (Lipinski definition) is 0. The molecule has 0 saturated carbocycles. The number of rotatable bonds is 3. The van der Waals surface area contributed by atoms with Crippen molar-refractivity contribution in [2.75, 3.05) is 19.1 Å². The third kappa shape index (κ3) is 2.59. The molecule has 15 heavy (non-hydrogen) atoms. The van der Waals surface area contributed by atoms with Crippen LogP contribution in [0.1, 0.15) is 6.92 Å². The molecule has 0 fully saturated rings. The highest BCUT2D eigenvalue weighted by Gasteiger charge is 2.11. The number of anilines is 1. The van der Waals surface area contributed by atoms with Crippen LogP contribution in [0.4, 0.5) is 5.69 Å². The van der Waals surface area contributed by atoms with E-state index in [2.05, 4.69) is 6.58 Å². The molecule has 1 amide bonds. The maximum atomic E-state index is 11.6. The lowest BCUT2D eigenvalue weighted by Crippen LogP contribution is -2.26. The quantitative estimate of drug-likeness (QED) is 0.708. The highest BCUT2D eigenvalue weighted by Crippen LogP contribution is 2.20. The highest BCUT2D eigenvalue weighted by atomic mass is 16.5. The molecule has 0 aliphatic rings. The van der Waals surface area contributed by atoms with Crippen molar-refractivity contribution < 1.29 is 9.53 Å². The minimum atomic E-state index is -0.0942. The SMILES string of the molecule is C=C(C)C(=O)N(C)c1cccc(OC)c1. The van der Waals surface area contributed by atoms with Crippen LogP contribution < -0.4 is 9.64 Å². The van der Waals surface area contributed by atoms with E-state index in [4.69, 9.17) is 4.74 Å². The van der Waals surface area contributed by atoms with Gasteiger partial charge in [-0.05, 0) is 19.1 Å². The van der Waals surface area contributed by atoms with Crippen LogP contribution in [-0.2, 0) is 4.79 Å². The summed E-state index contributed by atoms with van der Waals surface area (Å²) in [4.78, 5) is 13.2. The summed E-state index contributed by atoms with van der Waals surface area (Å²) in [6.07, 6.45) is 0. The molecule has 0 unspecified atom stereocenters. The fourth-order valence-corrected chi connectivity index (χ4v) is 1.22. The lowest BCUT2D eigenvalue weighted by atomic mass is 10.2. The first-order chi connectivity index (χ1) is 7.06. The molecule has 1 aromatic carbocycles. The topological polar surface area (TPSA) is 29.5 Å². The number of nitrogens with zero attached hydrogens (tertiary/aromatic N) is 1. The van der Waals surface area contributed by atoms with Gasteiger partial charge in [-0.15, -0.1) is 0 Å². The molecule has 0 N–H and O–H groups in total. The van der Waals surface area contributed by atoms with E-state index >= 15 is 0 Å². The summed E-state index contributed by atoms with van der Waals surface area (Å²) in [5, 5.41) is 0. The molecule has 0 atom stereocenters. The largest absolute Gasteiger partial charge is 0.497 e. The molecule has 0 radical (unpaired) electrons. The first kappa shape index (κ1) is 11.3. The summed E-state index contributed by atoms with van der Waals surface area (Å²) in [6.45, 7) is 5.32. The van der Waals surface area contributed by atoms with E-state index in [9.17, 15) is 4.79 Å². The Balaban J connectivity index is 2.95. The fourth-order valence-electron chi connectivity index (χ4n) is 1.22. The van der Waals surface area contributed by atoms with Crippen LogP contribution in [0, 0.1) is 0 Å². The summed E-state index contributed by atoms with van der Waals surface area (Å²) in [5.41, 5.74) is 1.31. The number of amides is 1. The average molecular weight is 205 g/mol. The van der Waals surface area contributed by atoms with Crippen molar-refractivity contribution >= 4 is 11.6 Å². The number of carbonyl (C=O) groups excluding carboxylic acids is 1. The molecule has 0 aliphatic carbocycles. The van der Waals surface area contributed by atoms with Gasteiger partial charge in [0.2, 0.25) is 0 Å². The zero-order chi connectivity index (χ0) is 11.4. The van der Waals surface area contributed by atoms with Gasteiger partial charge in [0.15, 0.2) is 0 Å². The normalized spacial score (nSPS) is 9.53. The van der Waals surface area contributed by atoms with Gasteiger partial charge in [-0.1, -0.05) is 12.6 Å². The summed E-state index contributed by atoms with van der Waals surface area (Å²) in [7, 11) is 3.31. The van der Waals surface area contributed by atoms with Crippen LogP contribution in [0.25, 0.3) is 0 Å². The van der Waals surface area contributed by atoms with Gasteiger partial charge in [0.25, 0.3) is 5.91 Å². The minimum Gasteiger partial charge on any atom is -0.497 e. The van der Waals surface area contributed by atoms with Gasteiger partial charge in [0.05, 0.1) is 7.11 Å². The molecule has 0 saturated heterocycles. The zero-order valence-electron chi connectivity index (χ0n) is 9.28. The third-order valence-corrected chi connectivity index (χ3v) is 2.11. The van der Waals surface area contributed by atoms with Crippen LogP contribution in [0.15, 0.2) is 36.4 Å². The molecule has 3 heteroatoms. The molecule has 0 aliphatic heterocycles. The Morgan fingerprint density at radius 3 is 2.67 bits per heavy atom. The van der Waals surface area contributed by atoms with Crippen LogP contribution in [0.5, 0.6) is 5.75 Å². The molecule has 0 spiro atoms. The van der Waals surface area contributed by atoms with Crippen molar-refractivity contribution in [1.82, 2.24) is 0 Å². The van der Waals surface area contributed by atoms with E-state index in [0.717, 1.165) is 11.4 Å². The zero-order valence-corrected chi connectivity index (χ0v) is 9.28. The predicted octanol–water partition coefficient (Wildman–Crippen LogP) is 2.23. The Labute approximate surface area is 90.0 Å². The Kier molecular flexibility index (Phi) is 3.50. The number of likely N-dealkylation sites (N-methyl/N-ethyl adjacent to an activating group) is 1. The second kappa shape index (κ2) is 4.64.